The summed E-state index contributed by atoms with van der Waals surface area (Å²) in [4.78, 5) is 39.4. The van der Waals surface area contributed by atoms with Crippen LogP contribution in [0.15, 0.2) is 46.5 Å². The van der Waals surface area contributed by atoms with Crippen LogP contribution in [0.2, 0.25) is 0 Å². The highest BCUT2D eigenvalue weighted by molar-refractivity contribution is 7.14. The van der Waals surface area contributed by atoms with Crippen LogP contribution in [0.5, 0.6) is 0 Å². The minimum atomic E-state index is -0.133. The molecule has 0 aliphatic rings. The highest BCUT2D eigenvalue weighted by Crippen LogP contribution is 2.25. The number of thiazole rings is 1. The lowest BCUT2D eigenvalue weighted by molar-refractivity contribution is -0.119. The van der Waals surface area contributed by atoms with Gasteiger partial charge in [0, 0.05) is 48.3 Å². The van der Waals surface area contributed by atoms with E-state index < -0.39 is 0 Å². The number of benzene rings is 1. The molecule has 156 valence electrons. The van der Waals surface area contributed by atoms with Crippen LogP contribution in [-0.2, 0) is 16.1 Å². The van der Waals surface area contributed by atoms with E-state index in [1.807, 2.05) is 35.0 Å². The van der Waals surface area contributed by atoms with Gasteiger partial charge in [0.25, 0.3) is 5.91 Å². The number of anilines is 1. The fourth-order valence-corrected chi connectivity index (χ4v) is 3.98. The maximum Gasteiger partial charge on any atom is 0.252 e. The fourth-order valence-electron chi connectivity index (χ4n) is 2.61. The second-order valence-electron chi connectivity index (χ2n) is 6.56. The standard InChI is InChI=1S/C21H22N4O3S2/c1-14(26)23-11-15-4-6-16(7-5-15)18-13-30-21(24-18)25-19(27)3-2-9-22-20(28)17-8-10-29-12-17/h4-8,10,12-13H,2-3,9,11H2,1H3,(H,22,28)(H,23,26)(H,24,25,27). The van der Waals surface area contributed by atoms with Gasteiger partial charge in [0.1, 0.15) is 0 Å². The summed E-state index contributed by atoms with van der Waals surface area (Å²) >= 11 is 2.84. The molecule has 3 aromatic rings. The van der Waals surface area contributed by atoms with Gasteiger partial charge in [0.05, 0.1) is 5.69 Å². The quantitative estimate of drug-likeness (QED) is 0.440. The first-order valence-corrected chi connectivity index (χ1v) is 11.2. The van der Waals surface area contributed by atoms with Crippen molar-refractivity contribution in [3.05, 3.63) is 57.6 Å². The summed E-state index contributed by atoms with van der Waals surface area (Å²) < 4.78 is 0. The molecule has 0 aliphatic carbocycles. The molecule has 2 heterocycles. The molecular formula is C21H22N4O3S2. The van der Waals surface area contributed by atoms with Crippen molar-refractivity contribution in [2.24, 2.45) is 0 Å². The predicted octanol–water partition coefficient (Wildman–Crippen LogP) is 3.66. The smallest absolute Gasteiger partial charge is 0.252 e. The van der Waals surface area contributed by atoms with Crippen LogP contribution in [0.3, 0.4) is 0 Å². The molecule has 0 bridgehead atoms. The van der Waals surface area contributed by atoms with E-state index in [2.05, 4.69) is 20.9 Å². The van der Waals surface area contributed by atoms with E-state index in [-0.39, 0.29) is 17.7 Å². The van der Waals surface area contributed by atoms with Crippen LogP contribution in [-0.4, -0.2) is 29.3 Å². The normalized spacial score (nSPS) is 10.4. The summed E-state index contributed by atoms with van der Waals surface area (Å²) in [5.74, 6) is -0.320. The van der Waals surface area contributed by atoms with Crippen molar-refractivity contribution >= 4 is 45.5 Å². The molecule has 1 aromatic carbocycles. The Morgan fingerprint density at radius 1 is 1.03 bits per heavy atom. The van der Waals surface area contributed by atoms with Gasteiger partial charge in [-0.3, -0.25) is 14.4 Å². The van der Waals surface area contributed by atoms with Gasteiger partial charge >= 0.3 is 0 Å². The number of aromatic nitrogens is 1. The fraction of sp³-hybridized carbons (Fsp3) is 0.238. The number of nitrogens with zero attached hydrogens (tertiary/aromatic N) is 1. The topological polar surface area (TPSA) is 100 Å². The van der Waals surface area contributed by atoms with Gasteiger partial charge < -0.3 is 16.0 Å². The largest absolute Gasteiger partial charge is 0.352 e. The predicted molar refractivity (Wildman–Crippen MR) is 120 cm³/mol. The maximum absolute atomic E-state index is 12.1. The molecule has 30 heavy (non-hydrogen) atoms. The first-order chi connectivity index (χ1) is 14.5. The van der Waals surface area contributed by atoms with E-state index in [4.69, 9.17) is 0 Å². The summed E-state index contributed by atoms with van der Waals surface area (Å²) in [6.07, 6.45) is 0.854. The van der Waals surface area contributed by atoms with Crippen molar-refractivity contribution in [2.45, 2.75) is 26.3 Å². The molecule has 3 amide bonds. The summed E-state index contributed by atoms with van der Waals surface area (Å²) in [6.45, 7) is 2.42. The molecule has 2 aromatic heterocycles. The third kappa shape index (κ3) is 6.50. The molecule has 0 saturated heterocycles. The third-order valence-electron chi connectivity index (χ3n) is 4.19. The number of amides is 3. The molecule has 0 saturated carbocycles. The number of rotatable bonds is 9. The van der Waals surface area contributed by atoms with Gasteiger partial charge in [0.15, 0.2) is 5.13 Å². The SMILES string of the molecule is CC(=O)NCc1ccc(-c2csc(NC(=O)CCCNC(=O)c3ccsc3)n2)cc1. The number of hydrogen-bond donors (Lipinski definition) is 3. The summed E-state index contributed by atoms with van der Waals surface area (Å²) in [5.41, 5.74) is 3.37. The van der Waals surface area contributed by atoms with Crippen LogP contribution < -0.4 is 16.0 Å². The molecular weight excluding hydrogens is 420 g/mol. The highest BCUT2D eigenvalue weighted by atomic mass is 32.1. The number of carbonyl (C=O) groups is 3. The van der Waals surface area contributed by atoms with Gasteiger partial charge in [-0.2, -0.15) is 11.3 Å². The van der Waals surface area contributed by atoms with E-state index in [9.17, 15) is 14.4 Å². The Morgan fingerprint density at radius 3 is 2.53 bits per heavy atom. The first kappa shape index (κ1) is 21.7. The Kier molecular flexibility index (Phi) is 7.69. The number of carbonyl (C=O) groups excluding carboxylic acids is 3. The summed E-state index contributed by atoms with van der Waals surface area (Å²) in [6, 6.07) is 9.52. The van der Waals surface area contributed by atoms with Crippen molar-refractivity contribution in [1.82, 2.24) is 15.6 Å². The molecule has 0 unspecified atom stereocenters. The molecule has 0 atom stereocenters. The lowest BCUT2D eigenvalue weighted by Crippen LogP contribution is -2.25. The second kappa shape index (κ2) is 10.7. The Morgan fingerprint density at radius 2 is 1.83 bits per heavy atom. The van der Waals surface area contributed by atoms with Gasteiger partial charge in [-0.15, -0.1) is 11.3 Å². The first-order valence-electron chi connectivity index (χ1n) is 9.41. The van der Waals surface area contributed by atoms with Crippen LogP contribution in [0.4, 0.5) is 5.13 Å². The molecule has 3 N–H and O–H groups in total. The van der Waals surface area contributed by atoms with Gasteiger partial charge in [-0.1, -0.05) is 24.3 Å². The monoisotopic (exact) mass is 442 g/mol. The Balaban J connectivity index is 1.42. The average molecular weight is 443 g/mol. The highest BCUT2D eigenvalue weighted by Gasteiger charge is 2.09. The number of nitrogens with one attached hydrogen (secondary N) is 3. The van der Waals surface area contributed by atoms with Gasteiger partial charge in [0.2, 0.25) is 11.8 Å². The van der Waals surface area contributed by atoms with Crippen LogP contribution in [0, 0.1) is 0 Å². The zero-order chi connectivity index (χ0) is 21.3. The Labute approximate surface area is 182 Å². The summed E-state index contributed by atoms with van der Waals surface area (Å²) in [5, 5.41) is 14.4. The second-order valence-corrected chi connectivity index (χ2v) is 8.20. The minimum absolute atomic E-state index is 0.0659. The van der Waals surface area contributed by atoms with Crippen molar-refractivity contribution in [1.29, 1.82) is 0 Å². The van der Waals surface area contributed by atoms with Crippen LogP contribution in [0.25, 0.3) is 11.3 Å². The number of thiophene rings is 1. The molecule has 3 rings (SSSR count). The zero-order valence-electron chi connectivity index (χ0n) is 16.4. The molecule has 0 spiro atoms. The molecule has 0 radical (unpaired) electrons. The Bertz CT molecular complexity index is 998. The molecule has 9 heteroatoms. The molecule has 0 fully saturated rings. The zero-order valence-corrected chi connectivity index (χ0v) is 18.1. The van der Waals surface area contributed by atoms with Crippen molar-refractivity contribution < 1.29 is 14.4 Å². The van der Waals surface area contributed by atoms with E-state index in [1.54, 1.807) is 11.4 Å². The third-order valence-corrected chi connectivity index (χ3v) is 5.63. The van der Waals surface area contributed by atoms with Crippen molar-refractivity contribution in [2.75, 3.05) is 11.9 Å². The van der Waals surface area contributed by atoms with Crippen molar-refractivity contribution in [3.8, 4) is 11.3 Å². The number of hydrogen-bond acceptors (Lipinski definition) is 6. The molecule has 7 nitrogen and oxygen atoms in total. The maximum atomic E-state index is 12.1. The minimum Gasteiger partial charge on any atom is -0.352 e. The van der Waals surface area contributed by atoms with E-state index in [0.717, 1.165) is 16.8 Å². The van der Waals surface area contributed by atoms with E-state index in [1.165, 1.54) is 29.6 Å². The average Bonchev–Trinajstić information content (AvgIpc) is 3.42. The molecule has 0 aliphatic heterocycles. The lowest BCUT2D eigenvalue weighted by atomic mass is 10.1. The van der Waals surface area contributed by atoms with Gasteiger partial charge in [-0.05, 0) is 23.4 Å². The Hall–Kier alpha value is -3.04. The summed E-state index contributed by atoms with van der Waals surface area (Å²) in [7, 11) is 0. The van der Waals surface area contributed by atoms with E-state index in [0.29, 0.717) is 36.6 Å². The lowest BCUT2D eigenvalue weighted by Gasteiger charge is -2.04. The van der Waals surface area contributed by atoms with Crippen LogP contribution in [0.1, 0.15) is 35.7 Å². The van der Waals surface area contributed by atoms with Gasteiger partial charge in [-0.25, -0.2) is 4.98 Å². The van der Waals surface area contributed by atoms with Crippen molar-refractivity contribution in [3.63, 3.8) is 0 Å². The van der Waals surface area contributed by atoms with Crippen LogP contribution >= 0.6 is 22.7 Å². The van der Waals surface area contributed by atoms with E-state index >= 15 is 0 Å².